The van der Waals surface area contributed by atoms with Crippen molar-refractivity contribution in [1.29, 1.82) is 0 Å². The number of esters is 2. The van der Waals surface area contributed by atoms with Crippen LogP contribution in [0.2, 0.25) is 0 Å². The number of methoxy groups -OCH3 is 2. The van der Waals surface area contributed by atoms with Gasteiger partial charge >= 0.3 is 11.9 Å². The first-order valence-electron chi connectivity index (χ1n) is 5.63. The van der Waals surface area contributed by atoms with Gasteiger partial charge in [0, 0.05) is 0 Å². The molecule has 2 atom stereocenters. The standard InChI is InChI=1S/C7H12O3.C6H10O3/c1-4-6(8)5(2)7(9)10-3;1-4(5(2)7)6(8)9-3/h6,8H,2,4H2,1,3H3;5,7H,1H2,2-3H3. The molecule has 0 fully saturated rings. The fraction of sp³-hybridized carbons (Fsp3) is 0.538. The van der Waals surface area contributed by atoms with Crippen molar-refractivity contribution in [3.8, 4) is 0 Å². The first kappa shape index (κ1) is 19.7. The number of aliphatic hydroxyl groups excluding tert-OH is 2. The van der Waals surface area contributed by atoms with Gasteiger partial charge in [0.25, 0.3) is 0 Å². The maximum atomic E-state index is 10.6. The normalized spacial score (nSPS) is 12.3. The van der Waals surface area contributed by atoms with E-state index in [2.05, 4.69) is 22.6 Å². The Labute approximate surface area is 113 Å². The van der Waals surface area contributed by atoms with Crippen LogP contribution in [-0.4, -0.2) is 48.6 Å². The van der Waals surface area contributed by atoms with Gasteiger partial charge < -0.3 is 19.7 Å². The van der Waals surface area contributed by atoms with Crippen LogP contribution < -0.4 is 0 Å². The number of rotatable bonds is 5. The van der Waals surface area contributed by atoms with E-state index in [4.69, 9.17) is 10.2 Å². The Bertz CT molecular complexity index is 332. The lowest BCUT2D eigenvalue weighted by Crippen LogP contribution is -2.17. The van der Waals surface area contributed by atoms with Gasteiger partial charge in [0.2, 0.25) is 0 Å². The van der Waals surface area contributed by atoms with E-state index in [1.54, 1.807) is 6.92 Å². The Morgan fingerprint density at radius 2 is 1.42 bits per heavy atom. The topological polar surface area (TPSA) is 93.1 Å². The summed E-state index contributed by atoms with van der Waals surface area (Å²) >= 11 is 0. The summed E-state index contributed by atoms with van der Waals surface area (Å²) in [6.07, 6.45) is -1.11. The average molecular weight is 274 g/mol. The van der Waals surface area contributed by atoms with Crippen LogP contribution >= 0.6 is 0 Å². The third kappa shape index (κ3) is 8.12. The highest BCUT2D eigenvalue weighted by atomic mass is 16.5. The molecule has 6 heteroatoms. The van der Waals surface area contributed by atoms with E-state index in [1.165, 1.54) is 21.1 Å². The van der Waals surface area contributed by atoms with Crippen molar-refractivity contribution in [3.63, 3.8) is 0 Å². The number of aliphatic hydroxyl groups is 2. The Hall–Kier alpha value is -1.66. The molecule has 0 radical (unpaired) electrons. The van der Waals surface area contributed by atoms with Gasteiger partial charge in [0.05, 0.1) is 37.6 Å². The predicted octanol–water partition coefficient (Wildman–Crippen LogP) is 0.583. The van der Waals surface area contributed by atoms with Crippen LogP contribution in [0.15, 0.2) is 24.3 Å². The molecule has 2 unspecified atom stereocenters. The zero-order chi connectivity index (χ0) is 15.6. The first-order valence-corrected chi connectivity index (χ1v) is 5.63. The molecule has 110 valence electrons. The third-order valence-corrected chi connectivity index (χ3v) is 2.19. The lowest BCUT2D eigenvalue weighted by atomic mass is 10.1. The van der Waals surface area contributed by atoms with Crippen molar-refractivity contribution in [3.05, 3.63) is 24.3 Å². The number of carbonyl (C=O) groups is 2. The molecule has 0 aromatic heterocycles. The maximum absolute atomic E-state index is 10.6. The molecule has 0 heterocycles. The smallest absolute Gasteiger partial charge is 0.335 e. The van der Waals surface area contributed by atoms with Crippen LogP contribution in [-0.2, 0) is 19.1 Å². The molecule has 0 aliphatic rings. The van der Waals surface area contributed by atoms with E-state index in [0.29, 0.717) is 6.42 Å². The quantitative estimate of drug-likeness (QED) is 0.563. The van der Waals surface area contributed by atoms with Crippen LogP contribution in [0.3, 0.4) is 0 Å². The lowest BCUT2D eigenvalue weighted by Gasteiger charge is -2.07. The molecule has 0 aliphatic carbocycles. The SMILES string of the molecule is C=C(C(=O)OC)C(C)O.C=C(C(=O)OC)C(O)CC. The van der Waals surface area contributed by atoms with Crippen molar-refractivity contribution in [1.82, 2.24) is 0 Å². The van der Waals surface area contributed by atoms with Crippen molar-refractivity contribution in [2.45, 2.75) is 32.5 Å². The van der Waals surface area contributed by atoms with Crippen LogP contribution in [0.5, 0.6) is 0 Å². The Kier molecular flexibility index (Phi) is 10.6. The molecular weight excluding hydrogens is 252 g/mol. The number of hydrogen-bond donors (Lipinski definition) is 2. The Morgan fingerprint density at radius 3 is 1.63 bits per heavy atom. The van der Waals surface area contributed by atoms with Gasteiger partial charge in [0.1, 0.15) is 0 Å². The highest BCUT2D eigenvalue weighted by molar-refractivity contribution is 5.88. The summed E-state index contributed by atoms with van der Waals surface area (Å²) in [6.45, 7) is 9.89. The van der Waals surface area contributed by atoms with Crippen LogP contribution in [0.25, 0.3) is 0 Å². The monoisotopic (exact) mass is 274 g/mol. The van der Waals surface area contributed by atoms with Gasteiger partial charge in [-0.1, -0.05) is 20.1 Å². The van der Waals surface area contributed by atoms with Crippen LogP contribution in [0.1, 0.15) is 20.3 Å². The summed E-state index contributed by atoms with van der Waals surface area (Å²) in [7, 11) is 2.51. The molecular formula is C13H22O6. The minimum atomic E-state index is -0.822. The number of ether oxygens (including phenoxy) is 2. The highest BCUT2D eigenvalue weighted by Gasteiger charge is 2.14. The summed E-state index contributed by atoms with van der Waals surface area (Å²) in [4.78, 5) is 21.1. The lowest BCUT2D eigenvalue weighted by molar-refractivity contribution is -0.138. The van der Waals surface area contributed by atoms with Crippen LogP contribution in [0, 0.1) is 0 Å². The van der Waals surface area contributed by atoms with Gasteiger partial charge in [0.15, 0.2) is 0 Å². The molecule has 19 heavy (non-hydrogen) atoms. The maximum Gasteiger partial charge on any atom is 0.335 e. The third-order valence-electron chi connectivity index (χ3n) is 2.19. The zero-order valence-corrected chi connectivity index (χ0v) is 11.8. The number of hydrogen-bond acceptors (Lipinski definition) is 6. The Balaban J connectivity index is 0. The van der Waals surface area contributed by atoms with Gasteiger partial charge in [-0.3, -0.25) is 0 Å². The summed E-state index contributed by atoms with van der Waals surface area (Å²) in [6, 6.07) is 0. The molecule has 0 saturated carbocycles. The zero-order valence-electron chi connectivity index (χ0n) is 11.8. The van der Waals surface area contributed by atoms with Crippen molar-refractivity contribution in [2.24, 2.45) is 0 Å². The molecule has 0 spiro atoms. The summed E-state index contributed by atoms with van der Waals surface area (Å²) in [5.74, 6) is -1.11. The highest BCUT2D eigenvalue weighted by Crippen LogP contribution is 2.04. The van der Waals surface area contributed by atoms with E-state index < -0.39 is 24.1 Å². The molecule has 0 rings (SSSR count). The minimum Gasteiger partial charge on any atom is -0.466 e. The van der Waals surface area contributed by atoms with Gasteiger partial charge in [-0.15, -0.1) is 0 Å². The molecule has 0 aromatic carbocycles. The van der Waals surface area contributed by atoms with Crippen LogP contribution in [0.4, 0.5) is 0 Å². The van der Waals surface area contributed by atoms with E-state index in [0.717, 1.165) is 0 Å². The van der Waals surface area contributed by atoms with E-state index in [1.807, 2.05) is 0 Å². The predicted molar refractivity (Wildman–Crippen MR) is 70.3 cm³/mol. The molecule has 0 saturated heterocycles. The van der Waals surface area contributed by atoms with E-state index in [9.17, 15) is 9.59 Å². The molecule has 0 aliphatic heterocycles. The number of carbonyl (C=O) groups excluding carboxylic acids is 2. The summed E-state index contributed by atoms with van der Waals surface area (Å²) < 4.78 is 8.61. The molecule has 0 bridgehead atoms. The largest absolute Gasteiger partial charge is 0.466 e. The summed E-state index contributed by atoms with van der Waals surface area (Å²) in [5.41, 5.74) is 0.197. The van der Waals surface area contributed by atoms with Gasteiger partial charge in [-0.25, -0.2) is 9.59 Å². The molecule has 6 nitrogen and oxygen atoms in total. The minimum absolute atomic E-state index is 0.0810. The Morgan fingerprint density at radius 1 is 1.05 bits per heavy atom. The van der Waals surface area contributed by atoms with Crippen molar-refractivity contribution < 1.29 is 29.3 Å². The van der Waals surface area contributed by atoms with Gasteiger partial charge in [-0.05, 0) is 13.3 Å². The second-order valence-corrected chi connectivity index (χ2v) is 3.63. The average Bonchev–Trinajstić information content (AvgIpc) is 2.43. The first-order chi connectivity index (χ1) is 8.72. The van der Waals surface area contributed by atoms with Crippen molar-refractivity contribution in [2.75, 3.05) is 14.2 Å². The molecule has 2 N–H and O–H groups in total. The molecule has 0 aromatic rings. The summed E-state index contributed by atoms with van der Waals surface area (Å²) in [5, 5.41) is 17.7. The van der Waals surface area contributed by atoms with Gasteiger partial charge in [-0.2, -0.15) is 0 Å². The second-order valence-electron chi connectivity index (χ2n) is 3.63. The fourth-order valence-corrected chi connectivity index (χ4v) is 0.815. The van der Waals surface area contributed by atoms with Crippen molar-refractivity contribution >= 4 is 11.9 Å². The fourth-order valence-electron chi connectivity index (χ4n) is 0.815. The van der Waals surface area contributed by atoms with E-state index in [-0.39, 0.29) is 11.1 Å². The van der Waals surface area contributed by atoms with E-state index >= 15 is 0 Å². The second kappa shape index (κ2) is 10.3. The molecule has 0 amide bonds.